The molecule has 0 radical (unpaired) electrons. The van der Waals surface area contributed by atoms with E-state index in [0.29, 0.717) is 0 Å². The van der Waals surface area contributed by atoms with Crippen molar-refractivity contribution in [3.05, 3.63) is 35.4 Å². The molecular weight excluding hydrogens is 232 g/mol. The first-order valence-electron chi connectivity index (χ1n) is 5.37. The van der Waals surface area contributed by atoms with Crippen molar-refractivity contribution in [2.75, 3.05) is 0 Å². The van der Waals surface area contributed by atoms with Crippen LogP contribution >= 0.6 is 0 Å². The Hall–Kier alpha value is -2.28. The number of carbonyl (C=O) groups excluding carboxylic acids is 1. The number of rotatable bonds is 1. The summed E-state index contributed by atoms with van der Waals surface area (Å²) in [5, 5.41) is 8.93. The Morgan fingerprint density at radius 2 is 1.83 bits per heavy atom. The third kappa shape index (κ3) is 4.30. The predicted octanol–water partition coefficient (Wildman–Crippen LogP) is 2.08. The van der Waals surface area contributed by atoms with Gasteiger partial charge in [-0.25, -0.2) is 9.59 Å². The van der Waals surface area contributed by atoms with Crippen molar-refractivity contribution in [3.63, 3.8) is 0 Å². The third-order valence-corrected chi connectivity index (χ3v) is 1.86. The lowest BCUT2D eigenvalue weighted by Gasteiger charge is -2.16. The SMILES string of the molecule is CC(C)(C)OC(=O)C#Cc1ccccc1C(=O)O. The molecule has 18 heavy (non-hydrogen) atoms. The second kappa shape index (κ2) is 5.37. The molecule has 1 aromatic rings. The molecule has 0 aliphatic heterocycles. The summed E-state index contributed by atoms with van der Waals surface area (Å²) in [7, 11) is 0. The van der Waals surface area contributed by atoms with Crippen LogP contribution in [0.15, 0.2) is 24.3 Å². The van der Waals surface area contributed by atoms with Crippen molar-refractivity contribution >= 4 is 11.9 Å². The number of benzene rings is 1. The number of carboxylic acids is 1. The Kier molecular flexibility index (Phi) is 4.11. The second-order valence-electron chi connectivity index (χ2n) is 4.60. The quantitative estimate of drug-likeness (QED) is 0.608. The van der Waals surface area contributed by atoms with E-state index in [1.807, 2.05) is 0 Å². The molecule has 0 aliphatic rings. The van der Waals surface area contributed by atoms with Gasteiger partial charge >= 0.3 is 11.9 Å². The Morgan fingerprint density at radius 1 is 1.22 bits per heavy atom. The van der Waals surface area contributed by atoms with Gasteiger partial charge in [0.2, 0.25) is 0 Å². The zero-order valence-electron chi connectivity index (χ0n) is 10.5. The molecule has 0 spiro atoms. The van der Waals surface area contributed by atoms with Crippen molar-refractivity contribution in [1.82, 2.24) is 0 Å². The average molecular weight is 246 g/mol. The van der Waals surface area contributed by atoms with Crippen LogP contribution < -0.4 is 0 Å². The minimum absolute atomic E-state index is 0.0635. The van der Waals surface area contributed by atoms with Gasteiger partial charge in [-0.3, -0.25) is 0 Å². The van der Waals surface area contributed by atoms with Crippen LogP contribution in [0.5, 0.6) is 0 Å². The third-order valence-electron chi connectivity index (χ3n) is 1.86. The van der Waals surface area contributed by atoms with Gasteiger partial charge < -0.3 is 9.84 Å². The van der Waals surface area contributed by atoms with Gasteiger partial charge in [0.05, 0.1) is 5.56 Å². The van der Waals surface area contributed by atoms with Gasteiger partial charge in [0.1, 0.15) is 5.60 Å². The van der Waals surface area contributed by atoms with Crippen LogP contribution in [0.25, 0.3) is 0 Å². The fourth-order valence-corrected chi connectivity index (χ4v) is 1.20. The molecule has 0 atom stereocenters. The van der Waals surface area contributed by atoms with Gasteiger partial charge in [0, 0.05) is 11.5 Å². The summed E-state index contributed by atoms with van der Waals surface area (Å²) >= 11 is 0. The highest BCUT2D eigenvalue weighted by Gasteiger charge is 2.14. The van der Waals surface area contributed by atoms with Crippen molar-refractivity contribution in [1.29, 1.82) is 0 Å². The van der Waals surface area contributed by atoms with E-state index in [9.17, 15) is 9.59 Å². The zero-order chi connectivity index (χ0) is 13.8. The fraction of sp³-hybridized carbons (Fsp3) is 0.286. The smallest absolute Gasteiger partial charge is 0.385 e. The Morgan fingerprint density at radius 3 is 2.39 bits per heavy atom. The highest BCUT2D eigenvalue weighted by atomic mass is 16.6. The van der Waals surface area contributed by atoms with E-state index >= 15 is 0 Å². The van der Waals surface area contributed by atoms with E-state index in [4.69, 9.17) is 9.84 Å². The average Bonchev–Trinajstić information content (AvgIpc) is 2.24. The van der Waals surface area contributed by atoms with E-state index in [0.717, 1.165) is 0 Å². The summed E-state index contributed by atoms with van der Waals surface area (Å²) in [5.41, 5.74) is -0.262. The molecule has 0 aromatic heterocycles. The second-order valence-corrected chi connectivity index (χ2v) is 4.60. The van der Waals surface area contributed by atoms with E-state index < -0.39 is 17.5 Å². The number of ether oxygens (including phenoxy) is 1. The molecule has 1 aromatic carbocycles. The molecule has 0 bridgehead atoms. The first-order valence-corrected chi connectivity index (χ1v) is 5.37. The maximum absolute atomic E-state index is 11.4. The van der Waals surface area contributed by atoms with Crippen LogP contribution in [0.1, 0.15) is 36.7 Å². The molecule has 0 saturated carbocycles. The topological polar surface area (TPSA) is 63.6 Å². The number of hydrogen-bond acceptors (Lipinski definition) is 3. The molecular formula is C14H14O4. The number of aromatic carboxylic acids is 1. The van der Waals surface area contributed by atoms with Crippen LogP contribution in [-0.2, 0) is 9.53 Å². The molecule has 1 N–H and O–H groups in total. The summed E-state index contributed by atoms with van der Waals surface area (Å²) in [6.07, 6.45) is 0. The molecule has 0 heterocycles. The summed E-state index contributed by atoms with van der Waals surface area (Å²) in [6.45, 7) is 5.20. The normalized spacial score (nSPS) is 10.2. The first-order chi connectivity index (χ1) is 8.29. The maximum atomic E-state index is 11.4. The standard InChI is InChI=1S/C14H14O4/c1-14(2,3)18-12(15)9-8-10-6-4-5-7-11(10)13(16)17/h4-7H,1-3H3,(H,16,17). The van der Waals surface area contributed by atoms with Crippen molar-refractivity contribution in [2.24, 2.45) is 0 Å². The van der Waals surface area contributed by atoms with Gasteiger partial charge in [-0.2, -0.15) is 0 Å². The van der Waals surface area contributed by atoms with E-state index in [1.165, 1.54) is 6.07 Å². The van der Waals surface area contributed by atoms with Crippen molar-refractivity contribution in [3.8, 4) is 11.8 Å². The molecule has 94 valence electrons. The largest absolute Gasteiger partial charge is 0.478 e. The summed E-state index contributed by atoms with van der Waals surface area (Å²) in [4.78, 5) is 22.3. The fourth-order valence-electron chi connectivity index (χ4n) is 1.20. The van der Waals surface area contributed by atoms with Crippen LogP contribution in [-0.4, -0.2) is 22.6 Å². The highest BCUT2D eigenvalue weighted by Crippen LogP contribution is 2.08. The van der Waals surface area contributed by atoms with Gasteiger partial charge in [-0.05, 0) is 32.9 Å². The van der Waals surface area contributed by atoms with E-state index in [1.54, 1.807) is 39.0 Å². The predicted molar refractivity (Wildman–Crippen MR) is 66.1 cm³/mol. The number of hydrogen-bond donors (Lipinski definition) is 1. The van der Waals surface area contributed by atoms with E-state index in [-0.39, 0.29) is 11.1 Å². The summed E-state index contributed by atoms with van der Waals surface area (Å²) in [6, 6.07) is 6.23. The summed E-state index contributed by atoms with van der Waals surface area (Å²) in [5.74, 6) is 3.03. The molecule has 0 saturated heterocycles. The summed E-state index contributed by atoms with van der Waals surface area (Å²) < 4.78 is 5.00. The Balaban J connectivity index is 2.93. The number of carboxylic acid groups (broad SMARTS) is 1. The van der Waals surface area contributed by atoms with Gasteiger partial charge in [-0.15, -0.1) is 0 Å². The molecule has 4 heteroatoms. The lowest BCUT2D eigenvalue weighted by molar-refractivity contribution is -0.147. The maximum Gasteiger partial charge on any atom is 0.385 e. The van der Waals surface area contributed by atoms with Gasteiger partial charge in [-0.1, -0.05) is 18.1 Å². The molecule has 0 fully saturated rings. The number of esters is 1. The minimum Gasteiger partial charge on any atom is -0.478 e. The minimum atomic E-state index is -1.08. The van der Waals surface area contributed by atoms with E-state index in [2.05, 4.69) is 11.8 Å². The van der Waals surface area contributed by atoms with Gasteiger partial charge in [0.15, 0.2) is 0 Å². The highest BCUT2D eigenvalue weighted by molar-refractivity contribution is 5.93. The molecule has 0 amide bonds. The number of carbonyl (C=O) groups is 2. The lowest BCUT2D eigenvalue weighted by Crippen LogP contribution is -2.22. The van der Waals surface area contributed by atoms with Crippen LogP contribution in [0.4, 0.5) is 0 Å². The van der Waals surface area contributed by atoms with Gasteiger partial charge in [0.25, 0.3) is 0 Å². The molecule has 0 aliphatic carbocycles. The Labute approximate surface area is 106 Å². The van der Waals surface area contributed by atoms with Crippen molar-refractivity contribution < 1.29 is 19.4 Å². The molecule has 1 rings (SSSR count). The Bertz CT molecular complexity index is 527. The monoisotopic (exact) mass is 246 g/mol. The van der Waals surface area contributed by atoms with Crippen molar-refractivity contribution in [2.45, 2.75) is 26.4 Å². The molecule has 4 nitrogen and oxygen atoms in total. The van der Waals surface area contributed by atoms with Crippen LogP contribution in [0.2, 0.25) is 0 Å². The first kappa shape index (κ1) is 13.8. The van der Waals surface area contributed by atoms with Crippen LogP contribution in [0, 0.1) is 11.8 Å². The lowest BCUT2D eigenvalue weighted by atomic mass is 10.1. The molecule has 0 unspecified atom stereocenters. The van der Waals surface area contributed by atoms with Crippen LogP contribution in [0.3, 0.4) is 0 Å². The zero-order valence-corrected chi connectivity index (χ0v) is 10.5.